The Morgan fingerprint density at radius 1 is 1.53 bits per heavy atom. The fourth-order valence-electron chi connectivity index (χ4n) is 1.74. The van der Waals surface area contributed by atoms with Crippen LogP contribution in [0.25, 0.3) is 0 Å². The summed E-state index contributed by atoms with van der Waals surface area (Å²) in [4.78, 5) is 0. The molecule has 4 heteroatoms. The Hall–Kier alpha value is -0.770. The number of ether oxygens (including phenoxy) is 2. The van der Waals surface area contributed by atoms with Gasteiger partial charge in [-0.1, -0.05) is 17.7 Å². The molecule has 3 nitrogen and oxygen atoms in total. The van der Waals surface area contributed by atoms with Crippen LogP contribution in [0.15, 0.2) is 18.2 Å². The quantitative estimate of drug-likeness (QED) is 0.900. The Labute approximate surface area is 107 Å². The van der Waals surface area contributed by atoms with Gasteiger partial charge in [0.05, 0.1) is 11.6 Å². The number of nitrogens with one attached hydrogen (secondary N) is 1. The van der Waals surface area contributed by atoms with Crippen LogP contribution in [0.3, 0.4) is 0 Å². The lowest BCUT2D eigenvalue weighted by molar-refractivity contribution is -0.0165. The number of hydrogen-bond donors (Lipinski definition) is 1. The fraction of sp³-hybridized carbons (Fsp3) is 0.538. The molecule has 0 spiro atoms. The summed E-state index contributed by atoms with van der Waals surface area (Å²) in [5.74, 6) is 0.730. The topological polar surface area (TPSA) is 30.5 Å². The number of morpholine rings is 1. The maximum atomic E-state index is 6.06. The van der Waals surface area contributed by atoms with Crippen molar-refractivity contribution in [2.75, 3.05) is 19.8 Å². The second-order valence-corrected chi connectivity index (χ2v) is 4.92. The van der Waals surface area contributed by atoms with Crippen LogP contribution in [-0.2, 0) is 4.74 Å². The molecule has 1 N–H and O–H groups in total. The van der Waals surface area contributed by atoms with E-state index in [1.165, 1.54) is 0 Å². The molecule has 0 aromatic heterocycles. The molecule has 1 aromatic rings. The number of rotatable bonds is 3. The largest absolute Gasteiger partial charge is 0.489 e. The summed E-state index contributed by atoms with van der Waals surface area (Å²) in [6.45, 7) is 6.21. The zero-order chi connectivity index (χ0) is 12.3. The van der Waals surface area contributed by atoms with Gasteiger partial charge in [0.15, 0.2) is 0 Å². The third kappa shape index (κ3) is 3.60. The zero-order valence-corrected chi connectivity index (χ0v) is 11.0. The number of halogens is 1. The van der Waals surface area contributed by atoms with Crippen LogP contribution in [0, 0.1) is 6.92 Å². The molecule has 0 saturated carbocycles. The fourth-order valence-corrected chi connectivity index (χ4v) is 1.91. The molecular formula is C13H18ClNO2. The van der Waals surface area contributed by atoms with Gasteiger partial charge < -0.3 is 14.8 Å². The van der Waals surface area contributed by atoms with Crippen molar-refractivity contribution >= 4 is 11.6 Å². The number of hydrogen-bond acceptors (Lipinski definition) is 3. The lowest BCUT2D eigenvalue weighted by Gasteiger charge is -2.28. The molecule has 94 valence electrons. The highest BCUT2D eigenvalue weighted by atomic mass is 35.5. The third-order valence-electron chi connectivity index (χ3n) is 2.79. The minimum Gasteiger partial charge on any atom is -0.489 e. The van der Waals surface area contributed by atoms with Crippen LogP contribution in [0.5, 0.6) is 5.75 Å². The van der Waals surface area contributed by atoms with Gasteiger partial charge in [-0.25, -0.2) is 0 Å². The van der Waals surface area contributed by atoms with E-state index >= 15 is 0 Å². The van der Waals surface area contributed by atoms with Crippen LogP contribution in [-0.4, -0.2) is 31.9 Å². The van der Waals surface area contributed by atoms with Gasteiger partial charge >= 0.3 is 0 Å². The number of benzene rings is 1. The average molecular weight is 256 g/mol. The minimum atomic E-state index is 0.0998. The zero-order valence-electron chi connectivity index (χ0n) is 10.2. The van der Waals surface area contributed by atoms with Gasteiger partial charge in [0.2, 0.25) is 0 Å². The van der Waals surface area contributed by atoms with E-state index in [2.05, 4.69) is 12.2 Å². The van der Waals surface area contributed by atoms with Gasteiger partial charge in [0, 0.05) is 12.6 Å². The standard InChI is InChI=1S/C13H18ClNO2/c1-9-3-4-12(14)13(5-9)17-8-11-6-15-10(2)7-16-11/h3-5,10-11,15H,6-8H2,1-2H3. The van der Waals surface area contributed by atoms with Crippen LogP contribution < -0.4 is 10.1 Å². The maximum absolute atomic E-state index is 6.06. The van der Waals surface area contributed by atoms with Crippen LogP contribution in [0.4, 0.5) is 0 Å². The molecule has 1 fully saturated rings. The predicted molar refractivity (Wildman–Crippen MR) is 68.9 cm³/mol. The van der Waals surface area contributed by atoms with E-state index in [0.29, 0.717) is 17.7 Å². The van der Waals surface area contributed by atoms with E-state index < -0.39 is 0 Å². The predicted octanol–water partition coefficient (Wildman–Crippen LogP) is 2.40. The van der Waals surface area contributed by atoms with E-state index in [4.69, 9.17) is 21.1 Å². The Bertz CT molecular complexity index is 376. The minimum absolute atomic E-state index is 0.0998. The smallest absolute Gasteiger partial charge is 0.138 e. The lowest BCUT2D eigenvalue weighted by atomic mass is 10.2. The first-order valence-corrected chi connectivity index (χ1v) is 6.27. The van der Waals surface area contributed by atoms with E-state index in [1.807, 2.05) is 25.1 Å². The van der Waals surface area contributed by atoms with Crippen molar-refractivity contribution in [2.24, 2.45) is 0 Å². The highest BCUT2D eigenvalue weighted by molar-refractivity contribution is 6.32. The molecule has 2 rings (SSSR count). The van der Waals surface area contributed by atoms with Crippen molar-refractivity contribution in [3.63, 3.8) is 0 Å². The summed E-state index contributed by atoms with van der Waals surface area (Å²) in [7, 11) is 0. The molecule has 1 saturated heterocycles. The summed E-state index contributed by atoms with van der Waals surface area (Å²) < 4.78 is 11.3. The van der Waals surface area contributed by atoms with E-state index in [-0.39, 0.29) is 6.10 Å². The Balaban J connectivity index is 1.87. The lowest BCUT2D eigenvalue weighted by Crippen LogP contribution is -2.46. The monoisotopic (exact) mass is 255 g/mol. The molecule has 0 bridgehead atoms. The van der Waals surface area contributed by atoms with Crippen molar-refractivity contribution in [1.82, 2.24) is 5.32 Å². The van der Waals surface area contributed by atoms with Crippen LogP contribution in [0.2, 0.25) is 5.02 Å². The van der Waals surface area contributed by atoms with Crippen molar-refractivity contribution in [1.29, 1.82) is 0 Å². The van der Waals surface area contributed by atoms with Gasteiger partial charge in [-0.3, -0.25) is 0 Å². The van der Waals surface area contributed by atoms with Gasteiger partial charge in [0.1, 0.15) is 18.5 Å². The maximum Gasteiger partial charge on any atom is 0.138 e. The normalized spacial score (nSPS) is 24.6. The second kappa shape index (κ2) is 5.71. The number of aryl methyl sites for hydroxylation is 1. The van der Waals surface area contributed by atoms with Gasteiger partial charge in [-0.15, -0.1) is 0 Å². The first-order chi connectivity index (χ1) is 8.15. The Kier molecular flexibility index (Phi) is 4.26. The van der Waals surface area contributed by atoms with E-state index in [9.17, 15) is 0 Å². The summed E-state index contributed by atoms with van der Waals surface area (Å²) in [6.07, 6.45) is 0.0998. The van der Waals surface area contributed by atoms with E-state index in [1.54, 1.807) is 0 Å². The molecule has 1 aliphatic rings. The van der Waals surface area contributed by atoms with Gasteiger partial charge in [-0.05, 0) is 31.5 Å². The summed E-state index contributed by atoms with van der Waals surface area (Å²) >= 11 is 6.06. The molecule has 0 aliphatic carbocycles. The highest BCUT2D eigenvalue weighted by Gasteiger charge is 2.18. The molecular weight excluding hydrogens is 238 g/mol. The molecule has 2 unspecified atom stereocenters. The second-order valence-electron chi connectivity index (χ2n) is 4.51. The SMILES string of the molecule is Cc1ccc(Cl)c(OCC2CNC(C)CO2)c1. The van der Waals surface area contributed by atoms with Crippen molar-refractivity contribution in [3.05, 3.63) is 28.8 Å². The van der Waals surface area contributed by atoms with E-state index in [0.717, 1.165) is 24.5 Å². The highest BCUT2D eigenvalue weighted by Crippen LogP contribution is 2.25. The molecule has 1 heterocycles. The Morgan fingerprint density at radius 2 is 2.35 bits per heavy atom. The average Bonchev–Trinajstić information content (AvgIpc) is 2.32. The summed E-state index contributed by atoms with van der Waals surface area (Å²) in [6, 6.07) is 6.19. The molecule has 0 amide bonds. The first kappa shape index (κ1) is 12.7. The van der Waals surface area contributed by atoms with Crippen LogP contribution >= 0.6 is 11.6 Å². The summed E-state index contributed by atoms with van der Waals surface area (Å²) in [5, 5.41) is 4.00. The van der Waals surface area contributed by atoms with Crippen molar-refractivity contribution in [3.8, 4) is 5.75 Å². The molecule has 17 heavy (non-hydrogen) atoms. The Morgan fingerprint density at radius 3 is 3.06 bits per heavy atom. The molecule has 2 atom stereocenters. The molecule has 1 aromatic carbocycles. The van der Waals surface area contributed by atoms with Crippen molar-refractivity contribution in [2.45, 2.75) is 26.0 Å². The van der Waals surface area contributed by atoms with Gasteiger partial charge in [0.25, 0.3) is 0 Å². The van der Waals surface area contributed by atoms with Gasteiger partial charge in [-0.2, -0.15) is 0 Å². The summed E-state index contributed by atoms with van der Waals surface area (Å²) in [5.41, 5.74) is 1.14. The van der Waals surface area contributed by atoms with Crippen molar-refractivity contribution < 1.29 is 9.47 Å². The third-order valence-corrected chi connectivity index (χ3v) is 3.10. The van der Waals surface area contributed by atoms with Crippen LogP contribution in [0.1, 0.15) is 12.5 Å². The molecule has 0 radical (unpaired) electrons. The first-order valence-electron chi connectivity index (χ1n) is 5.89. The molecule has 1 aliphatic heterocycles.